The number of benzene rings is 2. The van der Waals surface area contributed by atoms with E-state index in [0.29, 0.717) is 79.0 Å². The van der Waals surface area contributed by atoms with Crippen molar-refractivity contribution in [2.45, 2.75) is 37.9 Å². The second-order valence-electron chi connectivity index (χ2n) is 9.72. The number of amides is 1. The molecule has 1 saturated heterocycles. The van der Waals surface area contributed by atoms with Crippen LogP contribution < -0.4 is 5.32 Å². The van der Waals surface area contributed by atoms with Crippen LogP contribution in [0.1, 0.15) is 42.7 Å². The highest BCUT2D eigenvalue weighted by Gasteiger charge is 2.28. The molecule has 9 nitrogen and oxygen atoms in total. The number of hydrogen-bond acceptors (Lipinski definition) is 8. The summed E-state index contributed by atoms with van der Waals surface area (Å²) < 4.78 is 38.7. The van der Waals surface area contributed by atoms with Crippen molar-refractivity contribution in [2.75, 3.05) is 79.2 Å². The van der Waals surface area contributed by atoms with E-state index < -0.39 is 6.09 Å². The zero-order valence-corrected chi connectivity index (χ0v) is 23.4. The number of carbonyl (C=O) groups is 1. The molecule has 2 aliphatic rings. The van der Waals surface area contributed by atoms with E-state index in [0.717, 1.165) is 25.9 Å². The third kappa shape index (κ3) is 10.1. The quantitative estimate of drug-likeness (QED) is 0.252. The lowest BCUT2D eigenvalue weighted by Crippen LogP contribution is -2.27. The molecule has 220 valence electrons. The molecule has 0 aromatic heterocycles. The second kappa shape index (κ2) is 18.0. The molecule has 40 heavy (non-hydrogen) atoms. The number of hydrogen-bond donors (Lipinski definition) is 1. The molecule has 1 aliphatic heterocycles. The average Bonchev–Trinajstić information content (AvgIpc) is 3.31. The third-order valence-corrected chi connectivity index (χ3v) is 6.86. The molecule has 0 radical (unpaired) electrons. The first-order chi connectivity index (χ1) is 19.8. The van der Waals surface area contributed by atoms with Gasteiger partial charge in [-0.25, -0.2) is 4.79 Å². The van der Waals surface area contributed by atoms with Crippen molar-refractivity contribution in [3.05, 3.63) is 59.7 Å². The van der Waals surface area contributed by atoms with E-state index in [1.54, 1.807) is 0 Å². The van der Waals surface area contributed by atoms with Crippen LogP contribution in [0.25, 0.3) is 11.1 Å². The number of rotatable bonds is 19. The van der Waals surface area contributed by atoms with Gasteiger partial charge in [0, 0.05) is 25.7 Å². The predicted molar refractivity (Wildman–Crippen MR) is 151 cm³/mol. The van der Waals surface area contributed by atoms with Crippen LogP contribution in [0, 0.1) is 0 Å². The molecule has 0 bridgehead atoms. The van der Waals surface area contributed by atoms with Gasteiger partial charge < -0.3 is 38.5 Å². The molecule has 0 saturated carbocycles. The Bertz CT molecular complexity index is 951. The van der Waals surface area contributed by atoms with E-state index in [1.807, 2.05) is 24.3 Å². The van der Waals surface area contributed by atoms with Gasteiger partial charge in [0.05, 0.1) is 52.9 Å². The minimum absolute atomic E-state index is 0.0620. The Morgan fingerprint density at radius 3 is 1.93 bits per heavy atom. The Labute approximate surface area is 237 Å². The second-order valence-corrected chi connectivity index (χ2v) is 9.72. The average molecular weight is 558 g/mol. The van der Waals surface area contributed by atoms with Crippen LogP contribution in [0.5, 0.6) is 0 Å². The van der Waals surface area contributed by atoms with Gasteiger partial charge in [-0.2, -0.15) is 0 Å². The van der Waals surface area contributed by atoms with Crippen molar-refractivity contribution in [1.29, 1.82) is 0 Å². The molecule has 9 heteroatoms. The van der Waals surface area contributed by atoms with Gasteiger partial charge in [-0.05, 0) is 47.9 Å². The lowest BCUT2D eigenvalue weighted by molar-refractivity contribution is -0.169. The predicted octanol–water partition coefficient (Wildman–Crippen LogP) is 4.52. The van der Waals surface area contributed by atoms with E-state index in [9.17, 15) is 4.79 Å². The van der Waals surface area contributed by atoms with Crippen LogP contribution in [0.4, 0.5) is 4.79 Å². The zero-order valence-electron chi connectivity index (χ0n) is 23.4. The van der Waals surface area contributed by atoms with Gasteiger partial charge >= 0.3 is 6.09 Å². The van der Waals surface area contributed by atoms with Gasteiger partial charge in [-0.3, -0.25) is 0 Å². The minimum atomic E-state index is -0.405. The van der Waals surface area contributed by atoms with E-state index in [2.05, 4.69) is 29.6 Å². The van der Waals surface area contributed by atoms with Gasteiger partial charge in [0.1, 0.15) is 6.61 Å². The molecule has 1 N–H and O–H groups in total. The third-order valence-electron chi connectivity index (χ3n) is 6.86. The van der Waals surface area contributed by atoms with Crippen molar-refractivity contribution in [1.82, 2.24) is 5.32 Å². The van der Waals surface area contributed by atoms with Crippen LogP contribution in [0.15, 0.2) is 48.5 Å². The van der Waals surface area contributed by atoms with E-state index in [-0.39, 0.29) is 12.2 Å². The van der Waals surface area contributed by atoms with Crippen LogP contribution in [0.3, 0.4) is 0 Å². The lowest BCUT2D eigenvalue weighted by atomic mass is 9.98. The molecular weight excluding hydrogens is 514 g/mol. The first-order valence-corrected chi connectivity index (χ1v) is 14.5. The Balaban J connectivity index is 0.909. The van der Waals surface area contributed by atoms with E-state index >= 15 is 0 Å². The van der Waals surface area contributed by atoms with Crippen LogP contribution >= 0.6 is 0 Å². The molecule has 2 aromatic carbocycles. The zero-order chi connectivity index (χ0) is 27.7. The molecule has 1 amide bonds. The van der Waals surface area contributed by atoms with Crippen molar-refractivity contribution in [2.24, 2.45) is 0 Å². The van der Waals surface area contributed by atoms with Crippen molar-refractivity contribution < 1.29 is 38.0 Å². The summed E-state index contributed by atoms with van der Waals surface area (Å²) in [5.41, 5.74) is 4.84. The number of carbonyl (C=O) groups excluding carboxylic acids is 1. The summed E-state index contributed by atoms with van der Waals surface area (Å²) in [5.74, 6) is 0.0620. The summed E-state index contributed by atoms with van der Waals surface area (Å²) in [7, 11) is 0. The number of ether oxygens (including phenoxy) is 7. The van der Waals surface area contributed by atoms with Crippen molar-refractivity contribution in [3.63, 3.8) is 0 Å². The molecule has 0 spiro atoms. The smallest absolute Gasteiger partial charge is 0.407 e. The van der Waals surface area contributed by atoms with Crippen LogP contribution in [-0.2, 0) is 33.2 Å². The molecule has 1 aliphatic carbocycles. The summed E-state index contributed by atoms with van der Waals surface area (Å²) in [6.07, 6.45) is 3.48. The lowest BCUT2D eigenvalue weighted by Gasteiger charge is -2.22. The van der Waals surface area contributed by atoms with Crippen molar-refractivity contribution in [3.8, 4) is 11.1 Å². The standard InChI is InChI=1S/C31H43NO8/c33-31(40-24-29-27-10-3-1-8-25(27)26-9-2-4-11-28(26)29)32-13-7-14-34-16-17-35-18-19-36-20-21-37-22-23-39-30-12-5-6-15-38-30/h1-4,8-11,29-30H,5-7,12-24H2,(H,32,33). The monoisotopic (exact) mass is 557 g/mol. The topological polar surface area (TPSA) is 93.7 Å². The maximum absolute atomic E-state index is 12.2. The van der Waals surface area contributed by atoms with Gasteiger partial charge in [0.25, 0.3) is 0 Å². The van der Waals surface area contributed by atoms with Gasteiger partial charge in [0.2, 0.25) is 0 Å². The highest BCUT2D eigenvalue weighted by Crippen LogP contribution is 2.44. The molecule has 1 atom stereocenters. The Morgan fingerprint density at radius 1 is 0.750 bits per heavy atom. The van der Waals surface area contributed by atoms with Gasteiger partial charge in [0.15, 0.2) is 6.29 Å². The summed E-state index contributed by atoms with van der Waals surface area (Å²) in [4.78, 5) is 12.2. The van der Waals surface area contributed by atoms with E-state index in [1.165, 1.54) is 22.3 Å². The normalized spacial score (nSPS) is 16.4. The molecule has 1 heterocycles. The molecule has 1 unspecified atom stereocenters. The maximum Gasteiger partial charge on any atom is 0.407 e. The van der Waals surface area contributed by atoms with E-state index in [4.69, 9.17) is 33.2 Å². The summed E-state index contributed by atoms with van der Waals surface area (Å²) in [6.45, 7) is 6.29. The fourth-order valence-electron chi connectivity index (χ4n) is 4.86. The summed E-state index contributed by atoms with van der Waals surface area (Å²) >= 11 is 0. The Kier molecular flexibility index (Phi) is 13.7. The highest BCUT2D eigenvalue weighted by molar-refractivity contribution is 5.79. The minimum Gasteiger partial charge on any atom is -0.449 e. The number of alkyl carbamates (subject to hydrolysis) is 1. The SMILES string of the molecule is O=C(NCCCOCCOCCOCCOCCOC1CCCCO1)OCC1c2ccccc2-c2ccccc21. The summed E-state index contributed by atoms with van der Waals surface area (Å²) in [6, 6.07) is 16.6. The van der Waals surface area contributed by atoms with Gasteiger partial charge in [-0.1, -0.05) is 48.5 Å². The van der Waals surface area contributed by atoms with Crippen LogP contribution in [-0.4, -0.2) is 91.6 Å². The van der Waals surface area contributed by atoms with Crippen LogP contribution in [0.2, 0.25) is 0 Å². The highest BCUT2D eigenvalue weighted by atomic mass is 16.7. The first-order valence-electron chi connectivity index (χ1n) is 14.5. The fraction of sp³-hybridized carbons (Fsp3) is 0.581. The number of fused-ring (bicyclic) bond motifs is 3. The first kappa shape index (κ1) is 30.4. The Hall–Kier alpha value is -2.53. The largest absolute Gasteiger partial charge is 0.449 e. The Morgan fingerprint density at radius 2 is 1.32 bits per heavy atom. The van der Waals surface area contributed by atoms with Gasteiger partial charge in [-0.15, -0.1) is 0 Å². The molecular formula is C31H43NO8. The molecule has 2 aromatic rings. The maximum atomic E-state index is 12.2. The van der Waals surface area contributed by atoms with Crippen molar-refractivity contribution >= 4 is 6.09 Å². The molecule has 1 fully saturated rings. The summed E-state index contributed by atoms with van der Waals surface area (Å²) in [5, 5.41) is 2.80. The molecule has 4 rings (SSSR count). The number of nitrogens with one attached hydrogen (secondary N) is 1. The fourth-order valence-corrected chi connectivity index (χ4v) is 4.86.